The first-order valence-electron chi connectivity index (χ1n) is 10.2. The summed E-state index contributed by atoms with van der Waals surface area (Å²) in [4.78, 5) is 7.32. The van der Waals surface area contributed by atoms with E-state index in [0.29, 0.717) is 12.6 Å². The third-order valence-corrected chi connectivity index (χ3v) is 5.04. The Labute approximate surface area is 169 Å². The largest absolute Gasteiger partial charge is 0.493 e. The highest BCUT2D eigenvalue weighted by atomic mass is 16.5. The van der Waals surface area contributed by atoms with Crippen molar-refractivity contribution in [2.75, 3.05) is 53.6 Å². The smallest absolute Gasteiger partial charge is 0.191 e. The van der Waals surface area contributed by atoms with Gasteiger partial charge in [0.25, 0.3) is 0 Å². The molecule has 2 unspecified atom stereocenters. The standard InChI is InChI=1S/C21H36N4O3/c1-6-16(3)24-21(22-7-2)23-15-18(25-10-12-28-13-11-25)17-8-9-19(26-4)20(14-17)27-5/h8-9,14,16,18H,6-7,10-13,15H2,1-5H3,(H2,22,23,24). The van der Waals surface area contributed by atoms with Crippen LogP contribution < -0.4 is 20.1 Å². The van der Waals surface area contributed by atoms with Crippen molar-refractivity contribution < 1.29 is 14.2 Å². The second-order valence-corrected chi connectivity index (χ2v) is 6.95. The zero-order valence-corrected chi connectivity index (χ0v) is 18.0. The van der Waals surface area contributed by atoms with Crippen molar-refractivity contribution in [2.24, 2.45) is 4.99 Å². The van der Waals surface area contributed by atoms with Gasteiger partial charge in [-0.3, -0.25) is 9.89 Å². The number of nitrogens with zero attached hydrogens (tertiary/aromatic N) is 2. The second kappa shape index (κ2) is 11.8. The predicted molar refractivity (Wildman–Crippen MR) is 114 cm³/mol. The molecule has 0 radical (unpaired) electrons. The molecule has 1 fully saturated rings. The molecule has 7 nitrogen and oxygen atoms in total. The molecule has 1 aliphatic heterocycles. The summed E-state index contributed by atoms with van der Waals surface area (Å²) in [5.74, 6) is 2.34. The van der Waals surface area contributed by atoms with Crippen LogP contribution >= 0.6 is 0 Å². The normalized spacial score (nSPS) is 17.7. The molecule has 1 saturated heterocycles. The van der Waals surface area contributed by atoms with Crippen LogP contribution in [-0.2, 0) is 4.74 Å². The van der Waals surface area contributed by atoms with E-state index in [1.165, 1.54) is 5.56 Å². The molecule has 0 spiro atoms. The molecule has 1 heterocycles. The van der Waals surface area contributed by atoms with Crippen LogP contribution in [0.15, 0.2) is 23.2 Å². The number of aliphatic imine (C=N–C) groups is 1. The van der Waals surface area contributed by atoms with Crippen LogP contribution in [0.1, 0.15) is 38.8 Å². The molecule has 1 aliphatic rings. The van der Waals surface area contributed by atoms with Gasteiger partial charge in [-0.05, 0) is 38.0 Å². The Kier molecular flexibility index (Phi) is 9.37. The van der Waals surface area contributed by atoms with E-state index in [1.54, 1.807) is 14.2 Å². The summed E-state index contributed by atoms with van der Waals surface area (Å²) in [5.41, 5.74) is 1.17. The molecular weight excluding hydrogens is 356 g/mol. The fourth-order valence-electron chi connectivity index (χ4n) is 3.21. The lowest BCUT2D eigenvalue weighted by Gasteiger charge is -2.34. The molecule has 28 heavy (non-hydrogen) atoms. The molecular formula is C21H36N4O3. The minimum Gasteiger partial charge on any atom is -0.493 e. The van der Waals surface area contributed by atoms with Gasteiger partial charge in [-0.15, -0.1) is 0 Å². The van der Waals surface area contributed by atoms with Crippen molar-refractivity contribution >= 4 is 5.96 Å². The van der Waals surface area contributed by atoms with Crippen LogP contribution in [-0.4, -0.2) is 70.5 Å². The number of benzene rings is 1. The van der Waals surface area contributed by atoms with E-state index in [1.807, 2.05) is 6.07 Å². The Hall–Kier alpha value is -1.99. The lowest BCUT2D eigenvalue weighted by molar-refractivity contribution is 0.0179. The Morgan fingerprint density at radius 1 is 1.18 bits per heavy atom. The number of guanidine groups is 1. The van der Waals surface area contributed by atoms with Crippen molar-refractivity contribution in [1.29, 1.82) is 0 Å². The number of methoxy groups -OCH3 is 2. The lowest BCUT2D eigenvalue weighted by Crippen LogP contribution is -2.43. The van der Waals surface area contributed by atoms with Crippen molar-refractivity contribution in [1.82, 2.24) is 15.5 Å². The van der Waals surface area contributed by atoms with E-state index in [0.717, 1.165) is 56.7 Å². The second-order valence-electron chi connectivity index (χ2n) is 6.95. The van der Waals surface area contributed by atoms with Gasteiger partial charge in [0.2, 0.25) is 0 Å². The first-order valence-corrected chi connectivity index (χ1v) is 10.2. The molecule has 1 aromatic carbocycles. The highest BCUT2D eigenvalue weighted by Crippen LogP contribution is 2.32. The average Bonchev–Trinajstić information content (AvgIpc) is 2.74. The van der Waals surface area contributed by atoms with Gasteiger partial charge in [-0.1, -0.05) is 13.0 Å². The van der Waals surface area contributed by atoms with Gasteiger partial charge >= 0.3 is 0 Å². The van der Waals surface area contributed by atoms with Crippen LogP contribution in [0.4, 0.5) is 0 Å². The third kappa shape index (κ3) is 6.27. The molecule has 0 saturated carbocycles. The van der Waals surface area contributed by atoms with E-state index in [-0.39, 0.29) is 6.04 Å². The van der Waals surface area contributed by atoms with Gasteiger partial charge in [0, 0.05) is 25.7 Å². The van der Waals surface area contributed by atoms with Gasteiger partial charge in [0.15, 0.2) is 17.5 Å². The highest BCUT2D eigenvalue weighted by molar-refractivity contribution is 5.80. The van der Waals surface area contributed by atoms with Crippen LogP contribution in [0.2, 0.25) is 0 Å². The molecule has 158 valence electrons. The summed E-state index contributed by atoms with van der Waals surface area (Å²) in [5, 5.41) is 6.82. The van der Waals surface area contributed by atoms with E-state index in [2.05, 4.69) is 48.4 Å². The summed E-state index contributed by atoms with van der Waals surface area (Å²) in [7, 11) is 3.33. The molecule has 2 rings (SSSR count). The summed E-state index contributed by atoms with van der Waals surface area (Å²) in [6.07, 6.45) is 1.05. The highest BCUT2D eigenvalue weighted by Gasteiger charge is 2.24. The Morgan fingerprint density at radius 2 is 1.89 bits per heavy atom. The third-order valence-electron chi connectivity index (χ3n) is 5.04. The number of ether oxygens (including phenoxy) is 3. The van der Waals surface area contributed by atoms with Gasteiger partial charge < -0.3 is 24.8 Å². The van der Waals surface area contributed by atoms with Crippen LogP contribution in [0.25, 0.3) is 0 Å². The SMILES string of the molecule is CCNC(=NCC(c1ccc(OC)c(OC)c1)N1CCOCC1)NC(C)CC. The molecule has 0 bridgehead atoms. The maximum atomic E-state index is 5.55. The van der Waals surface area contributed by atoms with Crippen molar-refractivity contribution in [3.8, 4) is 11.5 Å². The molecule has 2 atom stereocenters. The zero-order valence-electron chi connectivity index (χ0n) is 18.0. The van der Waals surface area contributed by atoms with Crippen LogP contribution in [0.5, 0.6) is 11.5 Å². The molecule has 7 heteroatoms. The monoisotopic (exact) mass is 392 g/mol. The minimum absolute atomic E-state index is 0.149. The first-order chi connectivity index (χ1) is 13.6. The predicted octanol–water partition coefficient (Wildman–Crippen LogP) is 2.43. The molecule has 0 aromatic heterocycles. The van der Waals surface area contributed by atoms with E-state index >= 15 is 0 Å². The Balaban J connectivity index is 2.27. The maximum Gasteiger partial charge on any atom is 0.191 e. The lowest BCUT2D eigenvalue weighted by atomic mass is 10.0. The summed E-state index contributed by atoms with van der Waals surface area (Å²) >= 11 is 0. The van der Waals surface area contributed by atoms with Crippen LogP contribution in [0.3, 0.4) is 0 Å². The molecule has 0 amide bonds. The van der Waals surface area contributed by atoms with E-state index in [9.17, 15) is 0 Å². The van der Waals surface area contributed by atoms with E-state index < -0.39 is 0 Å². The summed E-state index contributed by atoms with van der Waals surface area (Å²) in [6, 6.07) is 6.65. The van der Waals surface area contributed by atoms with Gasteiger partial charge in [0.05, 0.1) is 40.0 Å². The molecule has 2 N–H and O–H groups in total. The maximum absolute atomic E-state index is 5.55. The Morgan fingerprint density at radius 3 is 2.50 bits per heavy atom. The fourth-order valence-corrected chi connectivity index (χ4v) is 3.21. The minimum atomic E-state index is 0.149. The first kappa shape index (κ1) is 22.3. The average molecular weight is 393 g/mol. The van der Waals surface area contributed by atoms with Gasteiger partial charge in [0.1, 0.15) is 0 Å². The molecule has 1 aromatic rings. The number of hydrogen-bond acceptors (Lipinski definition) is 5. The van der Waals surface area contributed by atoms with Crippen molar-refractivity contribution in [2.45, 2.75) is 39.3 Å². The van der Waals surface area contributed by atoms with E-state index in [4.69, 9.17) is 19.2 Å². The topological polar surface area (TPSA) is 67.4 Å². The molecule has 0 aliphatic carbocycles. The van der Waals surface area contributed by atoms with Crippen LogP contribution in [0, 0.1) is 0 Å². The quantitative estimate of drug-likeness (QED) is 0.497. The van der Waals surface area contributed by atoms with Crippen molar-refractivity contribution in [3.63, 3.8) is 0 Å². The van der Waals surface area contributed by atoms with Crippen molar-refractivity contribution in [3.05, 3.63) is 23.8 Å². The summed E-state index contributed by atoms with van der Waals surface area (Å²) < 4.78 is 16.5. The van der Waals surface area contributed by atoms with Gasteiger partial charge in [-0.2, -0.15) is 0 Å². The summed E-state index contributed by atoms with van der Waals surface area (Å²) in [6.45, 7) is 11.2. The Bertz CT molecular complexity index is 618. The van der Waals surface area contributed by atoms with Gasteiger partial charge in [-0.25, -0.2) is 0 Å². The fraction of sp³-hybridized carbons (Fsp3) is 0.667. The number of rotatable bonds is 9. The zero-order chi connectivity index (χ0) is 20.4. The number of nitrogens with one attached hydrogen (secondary N) is 2. The number of hydrogen-bond donors (Lipinski definition) is 2. The number of morpholine rings is 1.